The number of ether oxygens (including phenoxy) is 3. The fraction of sp³-hybridized carbons (Fsp3) is 0.692. The van der Waals surface area contributed by atoms with E-state index in [0.29, 0.717) is 25.7 Å². The highest BCUT2D eigenvalue weighted by Gasteiger charge is 2.42. The lowest BCUT2D eigenvalue weighted by molar-refractivity contribution is -0.169. The Morgan fingerprint density at radius 1 is 1.56 bits per heavy atom. The summed E-state index contributed by atoms with van der Waals surface area (Å²) in [4.78, 5) is 0. The summed E-state index contributed by atoms with van der Waals surface area (Å²) in [7, 11) is 0. The first-order valence-corrected chi connectivity index (χ1v) is 5.83. The number of hydrogen-bond donors (Lipinski definition) is 0. The van der Waals surface area contributed by atoms with Crippen LogP contribution in [0.2, 0.25) is 0 Å². The minimum Gasteiger partial charge on any atom is -0.373 e. The molecular weight excluding hydrogens is 204 g/mol. The minimum atomic E-state index is -0.477. The molecule has 1 saturated heterocycles. The summed E-state index contributed by atoms with van der Waals surface area (Å²) in [5, 5.41) is 0. The van der Waals surface area contributed by atoms with Gasteiger partial charge in [-0.15, -0.1) is 6.58 Å². The van der Waals surface area contributed by atoms with E-state index in [4.69, 9.17) is 14.2 Å². The summed E-state index contributed by atoms with van der Waals surface area (Å²) in [6.45, 7) is 11.6. The zero-order valence-corrected chi connectivity index (χ0v) is 9.91. The van der Waals surface area contributed by atoms with E-state index in [1.165, 1.54) is 5.57 Å². The monoisotopic (exact) mass is 224 g/mol. The molecule has 0 aromatic heterocycles. The molecule has 3 heteroatoms. The summed E-state index contributed by atoms with van der Waals surface area (Å²) < 4.78 is 17.0. The first-order chi connectivity index (χ1) is 7.64. The lowest BCUT2D eigenvalue weighted by atomic mass is 10.1. The molecule has 0 amide bonds. The molecule has 1 saturated carbocycles. The third-order valence-corrected chi connectivity index (χ3v) is 3.19. The van der Waals surface area contributed by atoms with Gasteiger partial charge in [0.15, 0.2) is 5.79 Å². The minimum absolute atomic E-state index is 0.147. The molecule has 90 valence electrons. The predicted octanol–water partition coefficient (Wildman–Crippen LogP) is 2.29. The molecule has 2 aliphatic rings. The molecule has 0 aromatic carbocycles. The highest BCUT2D eigenvalue weighted by Crippen LogP contribution is 2.43. The maximum Gasteiger partial charge on any atom is 0.168 e. The Morgan fingerprint density at radius 2 is 2.19 bits per heavy atom. The van der Waals surface area contributed by atoms with E-state index in [1.54, 1.807) is 6.08 Å². The van der Waals surface area contributed by atoms with Gasteiger partial charge >= 0.3 is 0 Å². The van der Waals surface area contributed by atoms with Crippen molar-refractivity contribution < 1.29 is 14.2 Å². The SMILES string of the molecule is C=CCO[C@H](CC1(C)OCCO1)[C@H]1CC1=C. The van der Waals surface area contributed by atoms with Crippen LogP contribution < -0.4 is 0 Å². The Morgan fingerprint density at radius 3 is 2.69 bits per heavy atom. The van der Waals surface area contributed by atoms with Crippen LogP contribution in [0.15, 0.2) is 24.8 Å². The molecule has 0 N–H and O–H groups in total. The van der Waals surface area contributed by atoms with Crippen LogP contribution >= 0.6 is 0 Å². The van der Waals surface area contributed by atoms with Crippen molar-refractivity contribution in [1.29, 1.82) is 0 Å². The van der Waals surface area contributed by atoms with Crippen molar-refractivity contribution in [3.63, 3.8) is 0 Å². The summed E-state index contributed by atoms with van der Waals surface area (Å²) in [5.41, 5.74) is 1.27. The average molecular weight is 224 g/mol. The zero-order chi connectivity index (χ0) is 11.6. The standard InChI is InChI=1S/C13H20O3/c1-4-5-14-12(11-8-10(11)2)9-13(3)15-6-7-16-13/h4,11-12H,1-2,5-9H2,3H3/t11-,12+/m0/s1. The second kappa shape index (κ2) is 4.70. The van der Waals surface area contributed by atoms with Crippen molar-refractivity contribution in [3.8, 4) is 0 Å². The highest BCUT2D eigenvalue weighted by atomic mass is 16.7. The number of rotatable bonds is 6. The Kier molecular flexibility index (Phi) is 3.47. The molecule has 1 heterocycles. The molecule has 0 bridgehead atoms. The van der Waals surface area contributed by atoms with E-state index in [-0.39, 0.29) is 6.10 Å². The van der Waals surface area contributed by atoms with Gasteiger partial charge in [-0.25, -0.2) is 0 Å². The molecule has 0 radical (unpaired) electrons. The van der Waals surface area contributed by atoms with Gasteiger partial charge in [-0.1, -0.05) is 18.2 Å². The molecule has 0 spiro atoms. The van der Waals surface area contributed by atoms with Crippen LogP contribution in [-0.2, 0) is 14.2 Å². The van der Waals surface area contributed by atoms with E-state index in [9.17, 15) is 0 Å². The van der Waals surface area contributed by atoms with Crippen LogP contribution in [0.3, 0.4) is 0 Å². The molecule has 2 atom stereocenters. The van der Waals surface area contributed by atoms with Crippen LogP contribution in [0.25, 0.3) is 0 Å². The van der Waals surface area contributed by atoms with Gasteiger partial charge in [-0.2, -0.15) is 0 Å². The van der Waals surface area contributed by atoms with Crippen molar-refractivity contribution >= 4 is 0 Å². The van der Waals surface area contributed by atoms with E-state index in [0.717, 1.165) is 12.8 Å². The van der Waals surface area contributed by atoms with E-state index < -0.39 is 5.79 Å². The van der Waals surface area contributed by atoms with Crippen molar-refractivity contribution in [2.75, 3.05) is 19.8 Å². The molecule has 1 aliphatic carbocycles. The maximum atomic E-state index is 5.77. The van der Waals surface area contributed by atoms with Gasteiger partial charge in [0.05, 0.1) is 25.9 Å². The van der Waals surface area contributed by atoms with Crippen molar-refractivity contribution in [1.82, 2.24) is 0 Å². The first kappa shape index (κ1) is 11.8. The zero-order valence-electron chi connectivity index (χ0n) is 9.91. The van der Waals surface area contributed by atoms with Crippen molar-refractivity contribution in [2.45, 2.75) is 31.7 Å². The summed E-state index contributed by atoms with van der Waals surface area (Å²) in [6.07, 6.45) is 3.76. The lowest BCUT2D eigenvalue weighted by Crippen LogP contribution is -2.33. The fourth-order valence-electron chi connectivity index (χ4n) is 2.17. The van der Waals surface area contributed by atoms with Gasteiger partial charge in [-0.05, 0) is 13.3 Å². The Bertz CT molecular complexity index is 279. The van der Waals surface area contributed by atoms with Gasteiger partial charge in [0, 0.05) is 12.3 Å². The Hall–Kier alpha value is -0.640. The summed E-state index contributed by atoms with van der Waals surface area (Å²) in [5.74, 6) is -0.00102. The maximum absolute atomic E-state index is 5.77. The normalized spacial score (nSPS) is 29.1. The van der Waals surface area contributed by atoms with Crippen LogP contribution in [0.1, 0.15) is 19.8 Å². The third kappa shape index (κ3) is 2.73. The molecule has 0 aromatic rings. The van der Waals surface area contributed by atoms with Gasteiger partial charge in [-0.3, -0.25) is 0 Å². The average Bonchev–Trinajstić information content (AvgIpc) is 2.82. The molecule has 2 fully saturated rings. The topological polar surface area (TPSA) is 27.7 Å². The molecular formula is C13H20O3. The smallest absolute Gasteiger partial charge is 0.168 e. The van der Waals surface area contributed by atoms with Gasteiger partial charge in [0.2, 0.25) is 0 Å². The quantitative estimate of drug-likeness (QED) is 0.648. The second-order valence-electron chi connectivity index (χ2n) is 4.66. The van der Waals surface area contributed by atoms with Crippen LogP contribution in [0.5, 0.6) is 0 Å². The summed E-state index contributed by atoms with van der Waals surface area (Å²) >= 11 is 0. The highest BCUT2D eigenvalue weighted by molar-refractivity contribution is 5.21. The third-order valence-electron chi connectivity index (χ3n) is 3.19. The molecule has 2 rings (SSSR count). The van der Waals surface area contributed by atoms with Gasteiger partial charge < -0.3 is 14.2 Å². The van der Waals surface area contributed by atoms with Crippen LogP contribution in [0.4, 0.5) is 0 Å². The Labute approximate surface area is 97.1 Å². The largest absolute Gasteiger partial charge is 0.373 e. The molecule has 16 heavy (non-hydrogen) atoms. The van der Waals surface area contributed by atoms with E-state index >= 15 is 0 Å². The van der Waals surface area contributed by atoms with Crippen molar-refractivity contribution in [3.05, 3.63) is 24.8 Å². The first-order valence-electron chi connectivity index (χ1n) is 5.83. The predicted molar refractivity (Wildman–Crippen MR) is 62.1 cm³/mol. The lowest BCUT2D eigenvalue weighted by Gasteiger charge is -2.27. The van der Waals surface area contributed by atoms with Gasteiger partial charge in [0.1, 0.15) is 0 Å². The molecule has 1 aliphatic heterocycles. The number of hydrogen-bond acceptors (Lipinski definition) is 3. The fourth-order valence-corrected chi connectivity index (χ4v) is 2.17. The molecule has 0 unspecified atom stereocenters. The van der Waals surface area contributed by atoms with Gasteiger partial charge in [0.25, 0.3) is 0 Å². The Balaban J connectivity index is 1.90. The summed E-state index contributed by atoms with van der Waals surface area (Å²) in [6, 6.07) is 0. The van der Waals surface area contributed by atoms with Crippen LogP contribution in [0, 0.1) is 5.92 Å². The van der Waals surface area contributed by atoms with Crippen molar-refractivity contribution in [2.24, 2.45) is 5.92 Å². The van der Waals surface area contributed by atoms with E-state index in [1.807, 2.05) is 6.92 Å². The van der Waals surface area contributed by atoms with E-state index in [2.05, 4.69) is 13.2 Å². The van der Waals surface area contributed by atoms with Crippen LogP contribution in [-0.4, -0.2) is 31.7 Å². The molecule has 3 nitrogen and oxygen atoms in total. The second-order valence-corrected chi connectivity index (χ2v) is 4.66.